The highest BCUT2D eigenvalue weighted by Gasteiger charge is 2.07. The summed E-state index contributed by atoms with van der Waals surface area (Å²) in [4.78, 5) is 15.6. The van der Waals surface area contributed by atoms with Crippen LogP contribution in [-0.4, -0.2) is 19.9 Å². The molecule has 2 N–H and O–H groups in total. The minimum Gasteiger partial charge on any atom is -0.368 e. The van der Waals surface area contributed by atoms with Gasteiger partial charge in [-0.05, 0) is 27.5 Å². The number of hydrogen-bond donors (Lipinski definition) is 1. The summed E-state index contributed by atoms with van der Waals surface area (Å²) in [5, 5.41) is 0.171. The molecule has 0 aliphatic rings. The summed E-state index contributed by atoms with van der Waals surface area (Å²) >= 11 is 9.00. The molecule has 2 aromatic heterocycles. The average molecular weight is 287 g/mol. The molecule has 2 aromatic rings. The molecular weight excluding hydrogens is 281 g/mol. The molecule has 0 atom stereocenters. The second kappa shape index (κ2) is 4.08. The summed E-state index contributed by atoms with van der Waals surface area (Å²) in [6.07, 6.45) is 4.72. The second-order valence-electron chi connectivity index (χ2n) is 2.67. The largest absolute Gasteiger partial charge is 0.368 e. The molecule has 2 rings (SSSR count). The fourth-order valence-electron chi connectivity index (χ4n) is 1.01. The Morgan fingerprint density at radius 1 is 1.13 bits per heavy atom. The zero-order valence-electron chi connectivity index (χ0n) is 7.35. The van der Waals surface area contributed by atoms with Crippen molar-refractivity contribution in [2.75, 3.05) is 5.73 Å². The first-order chi connectivity index (χ1) is 7.16. The van der Waals surface area contributed by atoms with Gasteiger partial charge in [0.25, 0.3) is 0 Å². The van der Waals surface area contributed by atoms with E-state index in [9.17, 15) is 0 Å². The van der Waals surface area contributed by atoms with Crippen LogP contribution in [0.4, 0.5) is 5.95 Å². The Morgan fingerprint density at radius 3 is 2.47 bits per heavy atom. The monoisotopic (exact) mass is 285 g/mol. The van der Waals surface area contributed by atoms with Crippen molar-refractivity contribution in [1.29, 1.82) is 0 Å². The van der Waals surface area contributed by atoms with Gasteiger partial charge in [-0.3, -0.25) is 0 Å². The highest BCUT2D eigenvalue weighted by Crippen LogP contribution is 2.25. The maximum Gasteiger partial charge on any atom is 0.222 e. The molecule has 0 amide bonds. The van der Waals surface area contributed by atoms with Gasteiger partial charge >= 0.3 is 0 Å². The van der Waals surface area contributed by atoms with Crippen LogP contribution in [0.15, 0.2) is 23.1 Å². The van der Waals surface area contributed by atoms with Crippen LogP contribution in [-0.2, 0) is 0 Å². The maximum atomic E-state index is 5.69. The fourth-order valence-corrected chi connectivity index (χ4v) is 1.56. The van der Waals surface area contributed by atoms with E-state index < -0.39 is 0 Å². The Balaban J connectivity index is 2.53. The minimum atomic E-state index is 0.171. The van der Waals surface area contributed by atoms with E-state index in [1.807, 2.05) is 0 Å². The van der Waals surface area contributed by atoms with Crippen LogP contribution in [0.5, 0.6) is 0 Å². The van der Waals surface area contributed by atoms with Crippen LogP contribution in [0, 0.1) is 0 Å². The molecule has 0 aliphatic heterocycles. The molecule has 0 fully saturated rings. The van der Waals surface area contributed by atoms with Crippen molar-refractivity contribution in [2.24, 2.45) is 0 Å². The lowest BCUT2D eigenvalue weighted by Gasteiger charge is -2.02. The highest BCUT2D eigenvalue weighted by atomic mass is 79.9. The Kier molecular flexibility index (Phi) is 2.79. The summed E-state index contributed by atoms with van der Waals surface area (Å²) < 4.78 is 0.722. The van der Waals surface area contributed by atoms with E-state index in [1.54, 1.807) is 18.6 Å². The summed E-state index contributed by atoms with van der Waals surface area (Å²) in [6, 6.07) is 0. The van der Waals surface area contributed by atoms with Crippen molar-refractivity contribution in [3.05, 3.63) is 28.3 Å². The van der Waals surface area contributed by atoms with E-state index in [0.717, 1.165) is 10.0 Å². The van der Waals surface area contributed by atoms with Gasteiger partial charge in [0.05, 0.1) is 10.2 Å². The number of aromatic nitrogens is 4. The number of halogens is 2. The van der Waals surface area contributed by atoms with E-state index in [-0.39, 0.29) is 11.2 Å². The number of anilines is 1. The predicted octanol–water partition coefficient (Wildman–Crippen LogP) is 1.93. The van der Waals surface area contributed by atoms with Crippen molar-refractivity contribution in [3.8, 4) is 11.3 Å². The lowest BCUT2D eigenvalue weighted by molar-refractivity contribution is 1.13. The number of nitrogens with zero attached hydrogens (tertiary/aromatic N) is 4. The average Bonchev–Trinajstić information content (AvgIpc) is 2.23. The van der Waals surface area contributed by atoms with E-state index >= 15 is 0 Å². The maximum absolute atomic E-state index is 5.69. The molecule has 2 heterocycles. The molecule has 0 aliphatic carbocycles. The van der Waals surface area contributed by atoms with E-state index in [1.165, 1.54) is 0 Å². The van der Waals surface area contributed by atoms with Crippen LogP contribution in [0.25, 0.3) is 11.3 Å². The highest BCUT2D eigenvalue weighted by molar-refractivity contribution is 9.10. The molecular formula is C8H5BrClN5. The Bertz CT molecular complexity index is 487. The zero-order valence-corrected chi connectivity index (χ0v) is 9.70. The number of hydrogen-bond acceptors (Lipinski definition) is 5. The normalized spacial score (nSPS) is 10.3. The molecule has 0 saturated heterocycles. The molecule has 5 nitrogen and oxygen atoms in total. The number of nitrogens with two attached hydrogens (primary N) is 1. The van der Waals surface area contributed by atoms with Crippen molar-refractivity contribution in [2.45, 2.75) is 0 Å². The number of rotatable bonds is 1. The summed E-state index contributed by atoms with van der Waals surface area (Å²) in [7, 11) is 0. The lowest BCUT2D eigenvalue weighted by atomic mass is 10.2. The fraction of sp³-hybridized carbons (Fsp3) is 0. The van der Waals surface area contributed by atoms with Gasteiger partial charge in [-0.15, -0.1) is 0 Å². The third-order valence-electron chi connectivity index (χ3n) is 1.66. The van der Waals surface area contributed by atoms with E-state index in [4.69, 9.17) is 17.3 Å². The Labute approximate surface area is 98.9 Å². The summed E-state index contributed by atoms with van der Waals surface area (Å²) in [5.41, 5.74) is 6.74. The van der Waals surface area contributed by atoms with Crippen LogP contribution in [0.1, 0.15) is 0 Å². The number of nitrogen functional groups attached to an aromatic ring is 1. The van der Waals surface area contributed by atoms with Crippen LogP contribution in [0.2, 0.25) is 5.28 Å². The zero-order chi connectivity index (χ0) is 10.8. The Morgan fingerprint density at radius 2 is 1.80 bits per heavy atom. The van der Waals surface area contributed by atoms with Crippen molar-refractivity contribution in [3.63, 3.8) is 0 Å². The smallest absolute Gasteiger partial charge is 0.222 e. The molecule has 0 bridgehead atoms. The minimum absolute atomic E-state index is 0.171. The predicted molar refractivity (Wildman–Crippen MR) is 60.2 cm³/mol. The molecule has 0 saturated carbocycles. The van der Waals surface area contributed by atoms with Gasteiger partial charge in [-0.2, -0.15) is 0 Å². The molecule has 76 valence electrons. The van der Waals surface area contributed by atoms with Gasteiger partial charge in [0.1, 0.15) is 0 Å². The van der Waals surface area contributed by atoms with Crippen LogP contribution in [0.3, 0.4) is 0 Å². The molecule has 0 radical (unpaired) electrons. The van der Waals surface area contributed by atoms with Crippen LogP contribution < -0.4 is 5.73 Å². The van der Waals surface area contributed by atoms with Crippen molar-refractivity contribution < 1.29 is 0 Å². The summed E-state index contributed by atoms with van der Waals surface area (Å²) in [6.45, 7) is 0. The van der Waals surface area contributed by atoms with Gasteiger partial charge in [-0.25, -0.2) is 19.9 Å². The first kappa shape index (κ1) is 10.3. The standard InChI is InChI=1S/C8H5BrClN5/c9-5-3-12-7(10)15-6(5)4-1-13-8(11)14-2-4/h1-3H,(H2,11,13,14). The third kappa shape index (κ3) is 2.21. The SMILES string of the molecule is Nc1ncc(-c2nc(Cl)ncc2Br)cn1. The molecule has 0 aromatic carbocycles. The Hall–Kier alpha value is -1.27. The third-order valence-corrected chi connectivity index (χ3v) is 2.42. The van der Waals surface area contributed by atoms with Gasteiger partial charge in [0.2, 0.25) is 11.2 Å². The summed E-state index contributed by atoms with van der Waals surface area (Å²) in [5.74, 6) is 0.218. The second-order valence-corrected chi connectivity index (χ2v) is 3.86. The van der Waals surface area contributed by atoms with Gasteiger partial charge in [0, 0.05) is 24.2 Å². The van der Waals surface area contributed by atoms with Crippen LogP contribution >= 0.6 is 27.5 Å². The van der Waals surface area contributed by atoms with Gasteiger partial charge < -0.3 is 5.73 Å². The first-order valence-corrected chi connectivity index (χ1v) is 5.10. The topological polar surface area (TPSA) is 77.6 Å². The first-order valence-electron chi connectivity index (χ1n) is 3.93. The molecule has 0 unspecified atom stereocenters. The van der Waals surface area contributed by atoms with Crippen molar-refractivity contribution in [1.82, 2.24) is 19.9 Å². The van der Waals surface area contributed by atoms with Gasteiger partial charge in [0.15, 0.2) is 0 Å². The molecule has 7 heteroatoms. The van der Waals surface area contributed by atoms with E-state index in [0.29, 0.717) is 5.69 Å². The quantitative estimate of drug-likeness (QED) is 0.811. The molecule has 15 heavy (non-hydrogen) atoms. The van der Waals surface area contributed by atoms with Crippen molar-refractivity contribution >= 4 is 33.5 Å². The molecule has 0 spiro atoms. The lowest BCUT2D eigenvalue weighted by Crippen LogP contribution is -1.95. The van der Waals surface area contributed by atoms with E-state index in [2.05, 4.69) is 35.9 Å². The van der Waals surface area contributed by atoms with Gasteiger partial charge in [-0.1, -0.05) is 0 Å².